The van der Waals surface area contributed by atoms with Gasteiger partial charge in [0, 0.05) is 29.8 Å². The highest BCUT2D eigenvalue weighted by atomic mass is 79.9. The molecule has 0 spiro atoms. The van der Waals surface area contributed by atoms with Crippen LogP contribution in [0.5, 0.6) is 0 Å². The summed E-state index contributed by atoms with van der Waals surface area (Å²) < 4.78 is 1.14. The highest BCUT2D eigenvalue weighted by molar-refractivity contribution is 9.10. The maximum atomic E-state index is 3.56. The van der Waals surface area contributed by atoms with Crippen molar-refractivity contribution in [2.45, 2.75) is 20.3 Å². The Hall–Kier alpha value is -0.540. The van der Waals surface area contributed by atoms with Gasteiger partial charge in [0.2, 0.25) is 0 Å². The van der Waals surface area contributed by atoms with Crippen molar-refractivity contribution in [3.63, 3.8) is 0 Å². The van der Waals surface area contributed by atoms with E-state index >= 15 is 0 Å². The van der Waals surface area contributed by atoms with Crippen LogP contribution in [0.4, 0.5) is 5.69 Å². The van der Waals surface area contributed by atoms with Gasteiger partial charge in [0.15, 0.2) is 0 Å². The molecular weight excluding hydrogens is 288 g/mol. The Morgan fingerprint density at radius 1 is 1.28 bits per heavy atom. The lowest BCUT2D eigenvalue weighted by atomic mass is 9.89. The third-order valence-electron chi connectivity index (χ3n) is 4.04. The monoisotopic (exact) mass is 310 g/mol. The summed E-state index contributed by atoms with van der Waals surface area (Å²) in [4.78, 5) is 2.58. The highest BCUT2D eigenvalue weighted by Crippen LogP contribution is 2.23. The Labute approximate surface area is 119 Å². The van der Waals surface area contributed by atoms with E-state index in [-0.39, 0.29) is 0 Å². The first-order chi connectivity index (χ1) is 8.66. The first kappa shape index (κ1) is 13.9. The summed E-state index contributed by atoms with van der Waals surface area (Å²) in [5, 5.41) is 3.50. The summed E-state index contributed by atoms with van der Waals surface area (Å²) in [5.41, 5.74) is 1.19. The van der Waals surface area contributed by atoms with E-state index in [1.807, 2.05) is 6.07 Å². The number of benzene rings is 1. The van der Waals surface area contributed by atoms with E-state index in [9.17, 15) is 0 Å². The van der Waals surface area contributed by atoms with Crippen LogP contribution in [0.1, 0.15) is 20.3 Å². The lowest BCUT2D eigenvalue weighted by Gasteiger charge is -2.35. The van der Waals surface area contributed by atoms with Gasteiger partial charge in [0.1, 0.15) is 0 Å². The predicted octanol–water partition coefficient (Wildman–Crippen LogP) is 3.84. The first-order valence-corrected chi connectivity index (χ1v) is 7.67. The molecule has 0 radical (unpaired) electrons. The van der Waals surface area contributed by atoms with Crippen LogP contribution < -0.4 is 5.32 Å². The normalized spacial score (nSPS) is 25.1. The summed E-state index contributed by atoms with van der Waals surface area (Å²) in [6.07, 6.45) is 1.34. The molecule has 100 valence electrons. The molecule has 2 rings (SSSR count). The second kappa shape index (κ2) is 6.58. The van der Waals surface area contributed by atoms with E-state index in [1.54, 1.807) is 0 Å². The number of hydrogen-bond acceptors (Lipinski definition) is 2. The number of halogens is 1. The maximum absolute atomic E-state index is 3.56. The van der Waals surface area contributed by atoms with Crippen molar-refractivity contribution in [1.29, 1.82) is 0 Å². The second-order valence-electron chi connectivity index (χ2n) is 5.45. The van der Waals surface area contributed by atoms with E-state index in [0.29, 0.717) is 0 Å². The summed E-state index contributed by atoms with van der Waals surface area (Å²) in [5.74, 6) is 1.72. The number of anilines is 1. The van der Waals surface area contributed by atoms with Gasteiger partial charge in [-0.15, -0.1) is 0 Å². The van der Waals surface area contributed by atoms with E-state index in [2.05, 4.69) is 58.2 Å². The van der Waals surface area contributed by atoms with Crippen LogP contribution >= 0.6 is 15.9 Å². The molecule has 0 aliphatic carbocycles. The molecule has 0 bridgehead atoms. The number of para-hydroxylation sites is 1. The minimum Gasteiger partial charge on any atom is -0.383 e. The molecule has 1 fully saturated rings. The molecule has 18 heavy (non-hydrogen) atoms. The molecular formula is C15H23BrN2. The van der Waals surface area contributed by atoms with Crippen molar-refractivity contribution < 1.29 is 0 Å². The highest BCUT2D eigenvalue weighted by Gasteiger charge is 2.21. The number of rotatable bonds is 4. The number of likely N-dealkylation sites (tertiary alicyclic amines) is 1. The Morgan fingerprint density at radius 3 is 2.78 bits per heavy atom. The van der Waals surface area contributed by atoms with Gasteiger partial charge < -0.3 is 10.2 Å². The quantitative estimate of drug-likeness (QED) is 0.909. The zero-order valence-electron chi connectivity index (χ0n) is 11.3. The third-order valence-corrected chi connectivity index (χ3v) is 4.73. The lowest BCUT2D eigenvalue weighted by molar-refractivity contribution is 0.143. The van der Waals surface area contributed by atoms with Crippen LogP contribution in [-0.4, -0.2) is 31.1 Å². The average molecular weight is 311 g/mol. The molecule has 2 atom stereocenters. The number of nitrogens with one attached hydrogen (secondary N) is 1. The van der Waals surface area contributed by atoms with Crippen molar-refractivity contribution in [2.24, 2.45) is 11.8 Å². The first-order valence-electron chi connectivity index (χ1n) is 6.87. The summed E-state index contributed by atoms with van der Waals surface area (Å²) in [6, 6.07) is 8.30. The van der Waals surface area contributed by atoms with Gasteiger partial charge in [-0.05, 0) is 52.9 Å². The van der Waals surface area contributed by atoms with E-state index in [4.69, 9.17) is 0 Å². The van der Waals surface area contributed by atoms with Crippen LogP contribution in [0.15, 0.2) is 28.7 Å². The zero-order chi connectivity index (χ0) is 13.0. The number of hydrogen-bond donors (Lipinski definition) is 1. The van der Waals surface area contributed by atoms with Crippen LogP contribution in [0.2, 0.25) is 0 Å². The van der Waals surface area contributed by atoms with Gasteiger partial charge in [0.05, 0.1) is 0 Å². The summed E-state index contributed by atoms with van der Waals surface area (Å²) in [7, 11) is 0. The minimum atomic E-state index is 0.835. The molecule has 3 heteroatoms. The maximum Gasteiger partial charge on any atom is 0.0485 e. The molecule has 1 aromatic carbocycles. The van der Waals surface area contributed by atoms with Gasteiger partial charge in [-0.25, -0.2) is 0 Å². The third kappa shape index (κ3) is 3.72. The SMILES string of the molecule is CC1CCN(CCNc2ccccc2Br)CC1C. The number of piperidine rings is 1. The number of nitrogens with zero attached hydrogens (tertiary/aromatic N) is 1. The molecule has 1 saturated heterocycles. The van der Waals surface area contributed by atoms with Gasteiger partial charge in [0.25, 0.3) is 0 Å². The molecule has 1 aromatic rings. The van der Waals surface area contributed by atoms with Crippen molar-refractivity contribution in [3.05, 3.63) is 28.7 Å². The van der Waals surface area contributed by atoms with Gasteiger partial charge in [-0.3, -0.25) is 0 Å². The second-order valence-corrected chi connectivity index (χ2v) is 6.30. The Morgan fingerprint density at radius 2 is 2.06 bits per heavy atom. The predicted molar refractivity (Wildman–Crippen MR) is 82.0 cm³/mol. The summed E-state index contributed by atoms with van der Waals surface area (Å²) in [6.45, 7) is 9.41. The van der Waals surface area contributed by atoms with E-state index in [1.165, 1.54) is 25.2 Å². The smallest absolute Gasteiger partial charge is 0.0485 e. The van der Waals surface area contributed by atoms with Crippen LogP contribution in [0, 0.1) is 11.8 Å². The minimum absolute atomic E-state index is 0.835. The van der Waals surface area contributed by atoms with E-state index in [0.717, 1.165) is 29.4 Å². The fourth-order valence-corrected chi connectivity index (χ4v) is 2.93. The Bertz CT molecular complexity index is 381. The van der Waals surface area contributed by atoms with Crippen molar-refractivity contribution in [3.8, 4) is 0 Å². The lowest BCUT2D eigenvalue weighted by Crippen LogP contribution is -2.40. The van der Waals surface area contributed by atoms with Crippen LogP contribution in [0.3, 0.4) is 0 Å². The fraction of sp³-hybridized carbons (Fsp3) is 0.600. The molecule has 1 aliphatic rings. The zero-order valence-corrected chi connectivity index (χ0v) is 12.9. The van der Waals surface area contributed by atoms with Gasteiger partial charge >= 0.3 is 0 Å². The van der Waals surface area contributed by atoms with Gasteiger partial charge in [-0.1, -0.05) is 26.0 Å². The molecule has 0 saturated carbocycles. The van der Waals surface area contributed by atoms with Gasteiger partial charge in [-0.2, -0.15) is 0 Å². The largest absolute Gasteiger partial charge is 0.383 e. The van der Waals surface area contributed by atoms with Crippen molar-refractivity contribution in [2.75, 3.05) is 31.5 Å². The Kier molecular flexibility index (Phi) is 5.07. The molecule has 1 heterocycles. The summed E-state index contributed by atoms with van der Waals surface area (Å²) >= 11 is 3.56. The Balaban J connectivity index is 1.74. The molecule has 2 unspecified atom stereocenters. The molecule has 2 nitrogen and oxygen atoms in total. The molecule has 1 N–H and O–H groups in total. The van der Waals surface area contributed by atoms with Crippen molar-refractivity contribution >= 4 is 21.6 Å². The van der Waals surface area contributed by atoms with Crippen LogP contribution in [0.25, 0.3) is 0 Å². The average Bonchev–Trinajstić information content (AvgIpc) is 2.36. The van der Waals surface area contributed by atoms with Crippen molar-refractivity contribution in [1.82, 2.24) is 4.90 Å². The molecule has 0 aromatic heterocycles. The standard InChI is InChI=1S/C15H23BrN2/c1-12-7-9-18(11-13(12)2)10-8-17-15-6-4-3-5-14(15)16/h3-6,12-13,17H,7-11H2,1-2H3. The molecule has 1 aliphatic heterocycles. The molecule has 0 amide bonds. The topological polar surface area (TPSA) is 15.3 Å². The fourth-order valence-electron chi connectivity index (χ4n) is 2.51. The van der Waals surface area contributed by atoms with E-state index < -0.39 is 0 Å². The van der Waals surface area contributed by atoms with Crippen LogP contribution in [-0.2, 0) is 0 Å².